The molecule has 1 amide bonds. The first kappa shape index (κ1) is 24.6. The van der Waals surface area contributed by atoms with Gasteiger partial charge in [0.05, 0.1) is 29.0 Å². The Morgan fingerprint density at radius 1 is 0.947 bits per heavy atom. The molecule has 0 atom stereocenters. The lowest BCUT2D eigenvalue weighted by atomic mass is 10.1. The highest BCUT2D eigenvalue weighted by molar-refractivity contribution is 6.04. The predicted octanol–water partition coefficient (Wildman–Crippen LogP) is 6.05. The fraction of sp³-hybridized carbons (Fsp3) is 0.0741. The highest BCUT2D eigenvalue weighted by Crippen LogP contribution is 2.35. The molecule has 38 heavy (non-hydrogen) atoms. The van der Waals surface area contributed by atoms with E-state index in [-0.39, 0.29) is 11.4 Å². The van der Waals surface area contributed by atoms with Gasteiger partial charge in [0, 0.05) is 47.3 Å². The maximum absolute atomic E-state index is 13.6. The van der Waals surface area contributed by atoms with Crippen molar-refractivity contribution in [1.82, 2.24) is 24.5 Å². The third-order valence-corrected chi connectivity index (χ3v) is 5.57. The van der Waals surface area contributed by atoms with Gasteiger partial charge in [-0.2, -0.15) is 13.2 Å². The predicted molar refractivity (Wildman–Crippen MR) is 136 cm³/mol. The summed E-state index contributed by atoms with van der Waals surface area (Å²) in [7, 11) is 0. The second-order valence-electron chi connectivity index (χ2n) is 8.32. The van der Waals surface area contributed by atoms with Gasteiger partial charge in [-0.05, 0) is 67.6 Å². The standard InChI is InChI=1S/C27H20F3N7O/c1-17-15-37(16-33-17)24-13-21(8-9-22(24)27(28,29)30)34-25(38)18-4-6-20(7-5-18)35-26-32-12-10-23(36-26)19-3-2-11-31-14-19/h2-16H,1H3,(H,34,38)(H,32,35,36). The Morgan fingerprint density at radius 3 is 2.42 bits per heavy atom. The molecule has 0 saturated carbocycles. The number of amides is 1. The third-order valence-electron chi connectivity index (χ3n) is 5.57. The normalized spacial score (nSPS) is 11.3. The van der Waals surface area contributed by atoms with Gasteiger partial charge in [-0.25, -0.2) is 15.0 Å². The summed E-state index contributed by atoms with van der Waals surface area (Å²) >= 11 is 0. The fourth-order valence-corrected chi connectivity index (χ4v) is 3.75. The first-order chi connectivity index (χ1) is 18.3. The van der Waals surface area contributed by atoms with Crippen LogP contribution in [0.2, 0.25) is 0 Å². The van der Waals surface area contributed by atoms with E-state index in [9.17, 15) is 18.0 Å². The smallest absolute Gasteiger partial charge is 0.324 e. The van der Waals surface area contributed by atoms with Gasteiger partial charge in [-0.1, -0.05) is 0 Å². The Morgan fingerprint density at radius 2 is 1.74 bits per heavy atom. The number of hydrogen-bond acceptors (Lipinski definition) is 6. The van der Waals surface area contributed by atoms with Crippen LogP contribution in [0.15, 0.2) is 91.8 Å². The minimum Gasteiger partial charge on any atom is -0.324 e. The SMILES string of the molecule is Cc1cn(-c2cc(NC(=O)c3ccc(Nc4nccc(-c5cccnc5)n4)cc3)ccc2C(F)(F)F)cn1. The molecule has 8 nitrogen and oxygen atoms in total. The number of aromatic nitrogens is 5. The van der Waals surface area contributed by atoms with Gasteiger partial charge in [0.1, 0.15) is 0 Å². The highest BCUT2D eigenvalue weighted by atomic mass is 19.4. The molecule has 0 saturated heterocycles. The van der Waals surface area contributed by atoms with Crippen molar-refractivity contribution < 1.29 is 18.0 Å². The molecule has 5 rings (SSSR count). The Balaban J connectivity index is 1.31. The summed E-state index contributed by atoms with van der Waals surface area (Å²) in [6.07, 6.45) is 3.22. The van der Waals surface area contributed by atoms with Gasteiger partial charge in [0.15, 0.2) is 0 Å². The number of benzene rings is 2. The molecule has 5 aromatic rings. The molecule has 0 radical (unpaired) electrons. The zero-order valence-electron chi connectivity index (χ0n) is 19.9. The lowest BCUT2D eigenvalue weighted by molar-refractivity contribution is -0.137. The van der Waals surface area contributed by atoms with Gasteiger partial charge in [0.25, 0.3) is 5.91 Å². The molecule has 0 unspecified atom stereocenters. The van der Waals surface area contributed by atoms with Gasteiger partial charge in [0.2, 0.25) is 5.95 Å². The molecular formula is C27H20F3N7O. The van der Waals surface area contributed by atoms with E-state index in [1.807, 2.05) is 12.1 Å². The number of pyridine rings is 1. The van der Waals surface area contributed by atoms with Gasteiger partial charge >= 0.3 is 6.18 Å². The van der Waals surface area contributed by atoms with Crippen molar-refractivity contribution in [2.45, 2.75) is 13.1 Å². The van der Waals surface area contributed by atoms with Gasteiger partial charge < -0.3 is 15.2 Å². The summed E-state index contributed by atoms with van der Waals surface area (Å²) in [5.41, 5.74) is 2.33. The van der Waals surface area contributed by atoms with Crippen LogP contribution in [0.4, 0.5) is 30.5 Å². The number of carbonyl (C=O) groups excluding carboxylic acids is 1. The summed E-state index contributed by atoms with van der Waals surface area (Å²) < 4.78 is 42.0. The fourth-order valence-electron chi connectivity index (χ4n) is 3.75. The number of rotatable bonds is 6. The Labute approximate surface area is 215 Å². The molecule has 11 heteroatoms. The van der Waals surface area contributed by atoms with Crippen LogP contribution in [0.3, 0.4) is 0 Å². The molecule has 3 heterocycles. The zero-order chi connectivity index (χ0) is 26.7. The number of carbonyl (C=O) groups is 1. The summed E-state index contributed by atoms with van der Waals surface area (Å²) in [4.78, 5) is 29.6. The minimum atomic E-state index is -4.57. The van der Waals surface area contributed by atoms with E-state index in [1.54, 1.807) is 55.8 Å². The van der Waals surface area contributed by atoms with Crippen molar-refractivity contribution in [3.8, 4) is 16.9 Å². The van der Waals surface area contributed by atoms with E-state index in [0.29, 0.717) is 28.6 Å². The minimum absolute atomic E-state index is 0.135. The second-order valence-corrected chi connectivity index (χ2v) is 8.32. The van der Waals surface area contributed by atoms with E-state index in [0.717, 1.165) is 11.6 Å². The van der Waals surface area contributed by atoms with E-state index >= 15 is 0 Å². The van der Waals surface area contributed by atoms with E-state index in [1.165, 1.54) is 29.2 Å². The van der Waals surface area contributed by atoms with Crippen LogP contribution in [-0.4, -0.2) is 30.4 Å². The van der Waals surface area contributed by atoms with E-state index in [2.05, 4.69) is 30.6 Å². The lowest BCUT2D eigenvalue weighted by Gasteiger charge is -2.15. The molecule has 2 N–H and O–H groups in total. The zero-order valence-corrected chi connectivity index (χ0v) is 19.9. The van der Waals surface area contributed by atoms with Crippen LogP contribution in [0.5, 0.6) is 0 Å². The second kappa shape index (κ2) is 10.1. The topological polar surface area (TPSA) is 97.6 Å². The largest absolute Gasteiger partial charge is 0.418 e. The van der Waals surface area contributed by atoms with E-state index in [4.69, 9.17) is 0 Å². The van der Waals surface area contributed by atoms with Crippen LogP contribution < -0.4 is 10.6 Å². The molecular weight excluding hydrogens is 495 g/mol. The number of halogens is 3. The quantitative estimate of drug-likeness (QED) is 0.286. The first-order valence-corrected chi connectivity index (χ1v) is 11.4. The van der Waals surface area contributed by atoms with Crippen LogP contribution >= 0.6 is 0 Å². The molecule has 0 aliphatic carbocycles. The van der Waals surface area contributed by atoms with Crippen molar-refractivity contribution >= 4 is 23.2 Å². The van der Waals surface area contributed by atoms with Crippen LogP contribution in [0.25, 0.3) is 16.9 Å². The maximum atomic E-state index is 13.6. The summed E-state index contributed by atoms with van der Waals surface area (Å²) in [5, 5.41) is 5.75. The Hall–Kier alpha value is -5.06. The molecule has 0 bridgehead atoms. The average Bonchev–Trinajstić information content (AvgIpc) is 3.35. The third kappa shape index (κ3) is 5.51. The molecule has 0 spiro atoms. The Kier molecular flexibility index (Phi) is 6.56. The number of aryl methyl sites for hydroxylation is 1. The van der Waals surface area contributed by atoms with Crippen molar-refractivity contribution in [2.75, 3.05) is 10.6 Å². The molecule has 0 aliphatic heterocycles. The van der Waals surface area contributed by atoms with Crippen molar-refractivity contribution in [3.63, 3.8) is 0 Å². The highest BCUT2D eigenvalue weighted by Gasteiger charge is 2.34. The summed E-state index contributed by atoms with van der Waals surface area (Å²) in [6.45, 7) is 1.68. The molecule has 0 fully saturated rings. The van der Waals surface area contributed by atoms with E-state index < -0.39 is 17.6 Å². The number of nitrogens with zero attached hydrogens (tertiary/aromatic N) is 5. The lowest BCUT2D eigenvalue weighted by Crippen LogP contribution is -2.14. The molecule has 2 aromatic carbocycles. The van der Waals surface area contributed by atoms with Crippen LogP contribution in [-0.2, 0) is 6.18 Å². The molecule has 190 valence electrons. The maximum Gasteiger partial charge on any atom is 0.418 e. The monoisotopic (exact) mass is 515 g/mol. The Bertz CT molecular complexity index is 1580. The van der Waals surface area contributed by atoms with Crippen molar-refractivity contribution in [1.29, 1.82) is 0 Å². The van der Waals surface area contributed by atoms with Crippen LogP contribution in [0, 0.1) is 6.92 Å². The van der Waals surface area contributed by atoms with Crippen molar-refractivity contribution in [2.24, 2.45) is 0 Å². The van der Waals surface area contributed by atoms with Gasteiger partial charge in [-0.3, -0.25) is 9.78 Å². The molecule has 0 aliphatic rings. The van der Waals surface area contributed by atoms with Gasteiger partial charge in [-0.15, -0.1) is 0 Å². The number of alkyl halides is 3. The summed E-state index contributed by atoms with van der Waals surface area (Å²) in [5.74, 6) is -0.102. The van der Waals surface area contributed by atoms with Crippen LogP contribution in [0.1, 0.15) is 21.6 Å². The number of imidazole rings is 1. The summed E-state index contributed by atoms with van der Waals surface area (Å²) in [6, 6.07) is 15.5. The number of hydrogen-bond donors (Lipinski definition) is 2. The molecule has 3 aromatic heterocycles. The average molecular weight is 515 g/mol. The number of anilines is 3. The first-order valence-electron chi connectivity index (χ1n) is 11.4. The van der Waals surface area contributed by atoms with Crippen molar-refractivity contribution in [3.05, 3.63) is 109 Å². The number of nitrogens with one attached hydrogen (secondary N) is 2.